The smallest absolute Gasteiger partial charge is 0.227 e. The molecule has 0 radical (unpaired) electrons. The van der Waals surface area contributed by atoms with Gasteiger partial charge < -0.3 is 10.2 Å². The molecule has 1 spiro atoms. The van der Waals surface area contributed by atoms with Crippen LogP contribution in [0.4, 0.5) is 0 Å². The van der Waals surface area contributed by atoms with Gasteiger partial charge in [-0.25, -0.2) is 0 Å². The first kappa shape index (κ1) is 18.2. The summed E-state index contributed by atoms with van der Waals surface area (Å²) in [5.41, 5.74) is 2.22. The molecule has 2 fully saturated rings. The Balaban J connectivity index is 1.42. The number of likely N-dealkylation sites (tertiary alicyclic amines) is 2. The molecule has 0 bridgehead atoms. The van der Waals surface area contributed by atoms with E-state index in [9.17, 15) is 9.59 Å². The predicted molar refractivity (Wildman–Crippen MR) is 106 cm³/mol. The molecule has 2 amide bonds. The number of carbonyl (C=O) groups excluding carboxylic acids is 2. The molecule has 3 heterocycles. The first-order valence-corrected chi connectivity index (χ1v) is 10.3. The molecular formula is C21H25N3O2S. The molecule has 0 saturated carbocycles. The number of benzene rings is 1. The molecule has 4 rings (SSSR count). The Labute approximate surface area is 164 Å². The summed E-state index contributed by atoms with van der Waals surface area (Å²) in [5, 5.41) is 6.85. The fourth-order valence-corrected chi connectivity index (χ4v) is 5.13. The Hall–Kier alpha value is -2.18. The van der Waals surface area contributed by atoms with Crippen molar-refractivity contribution in [1.82, 2.24) is 15.1 Å². The van der Waals surface area contributed by atoms with Crippen molar-refractivity contribution in [2.75, 3.05) is 33.2 Å². The molecule has 142 valence electrons. The first-order valence-electron chi connectivity index (χ1n) is 9.36. The van der Waals surface area contributed by atoms with E-state index in [2.05, 4.69) is 22.3 Å². The zero-order valence-electron chi connectivity index (χ0n) is 15.6. The van der Waals surface area contributed by atoms with Gasteiger partial charge in [0, 0.05) is 45.2 Å². The van der Waals surface area contributed by atoms with Crippen molar-refractivity contribution in [3.63, 3.8) is 0 Å². The topological polar surface area (TPSA) is 52.7 Å². The highest BCUT2D eigenvalue weighted by Crippen LogP contribution is 2.44. The van der Waals surface area contributed by atoms with Crippen molar-refractivity contribution in [3.05, 3.63) is 58.3 Å². The minimum atomic E-state index is -0.112. The van der Waals surface area contributed by atoms with Gasteiger partial charge in [-0.3, -0.25) is 14.5 Å². The molecule has 2 aromatic rings. The second kappa shape index (κ2) is 7.44. The van der Waals surface area contributed by atoms with Crippen LogP contribution < -0.4 is 5.32 Å². The van der Waals surface area contributed by atoms with Gasteiger partial charge in [-0.05, 0) is 28.0 Å². The Bertz CT molecular complexity index is 800. The molecule has 2 saturated heterocycles. The second-order valence-electron chi connectivity index (χ2n) is 7.74. The quantitative estimate of drug-likeness (QED) is 0.859. The van der Waals surface area contributed by atoms with Crippen LogP contribution in [0.25, 0.3) is 0 Å². The first-order chi connectivity index (χ1) is 13.1. The maximum atomic E-state index is 12.6. The average Bonchev–Trinajstić information content (AvgIpc) is 3.28. The number of nitrogens with zero attached hydrogens (tertiary/aromatic N) is 2. The third kappa shape index (κ3) is 3.64. The Morgan fingerprint density at radius 3 is 2.59 bits per heavy atom. The molecule has 2 aliphatic rings. The Kier molecular flexibility index (Phi) is 5.02. The van der Waals surface area contributed by atoms with Crippen LogP contribution in [0.5, 0.6) is 0 Å². The van der Waals surface area contributed by atoms with Crippen molar-refractivity contribution in [1.29, 1.82) is 0 Å². The maximum Gasteiger partial charge on any atom is 0.227 e. The summed E-state index contributed by atoms with van der Waals surface area (Å²) in [5.74, 6) is 0.197. The van der Waals surface area contributed by atoms with Crippen LogP contribution in [0.15, 0.2) is 47.2 Å². The van der Waals surface area contributed by atoms with Gasteiger partial charge in [0.1, 0.15) is 0 Å². The largest absolute Gasteiger partial charge is 0.359 e. The van der Waals surface area contributed by atoms with E-state index in [0.717, 1.165) is 25.2 Å². The van der Waals surface area contributed by atoms with Crippen molar-refractivity contribution in [3.8, 4) is 0 Å². The van der Waals surface area contributed by atoms with Crippen molar-refractivity contribution in [2.24, 2.45) is 11.3 Å². The van der Waals surface area contributed by atoms with E-state index in [1.807, 2.05) is 39.9 Å². The number of rotatable bonds is 5. The lowest BCUT2D eigenvalue weighted by Gasteiger charge is -2.50. The third-order valence-corrected chi connectivity index (χ3v) is 6.56. The van der Waals surface area contributed by atoms with Gasteiger partial charge in [0.2, 0.25) is 11.8 Å². The van der Waals surface area contributed by atoms with Crippen LogP contribution in [0, 0.1) is 11.3 Å². The van der Waals surface area contributed by atoms with Gasteiger partial charge in [-0.2, -0.15) is 11.3 Å². The average molecular weight is 384 g/mol. The van der Waals surface area contributed by atoms with Crippen LogP contribution in [-0.2, 0) is 22.6 Å². The number of amides is 2. The van der Waals surface area contributed by atoms with Crippen LogP contribution >= 0.6 is 11.3 Å². The third-order valence-electron chi connectivity index (χ3n) is 5.83. The highest BCUT2D eigenvalue weighted by atomic mass is 32.1. The van der Waals surface area contributed by atoms with Crippen LogP contribution in [0.3, 0.4) is 0 Å². The maximum absolute atomic E-state index is 12.6. The molecule has 1 N–H and O–H groups in total. The van der Waals surface area contributed by atoms with E-state index in [1.165, 1.54) is 5.56 Å². The highest BCUT2D eigenvalue weighted by Gasteiger charge is 2.57. The highest BCUT2D eigenvalue weighted by molar-refractivity contribution is 7.08. The number of hydrogen-bond donors (Lipinski definition) is 1. The fourth-order valence-electron chi connectivity index (χ4n) is 4.46. The molecule has 0 aliphatic carbocycles. The van der Waals surface area contributed by atoms with Crippen LogP contribution in [0.2, 0.25) is 0 Å². The number of hydrogen-bond acceptors (Lipinski definition) is 4. The number of nitrogens with one attached hydrogen (secondary N) is 1. The van der Waals surface area contributed by atoms with Crippen molar-refractivity contribution in [2.45, 2.75) is 13.0 Å². The van der Waals surface area contributed by atoms with E-state index in [1.54, 1.807) is 18.4 Å². The van der Waals surface area contributed by atoms with Gasteiger partial charge in [-0.15, -0.1) is 0 Å². The lowest BCUT2D eigenvalue weighted by molar-refractivity contribution is -0.149. The Morgan fingerprint density at radius 2 is 1.93 bits per heavy atom. The molecule has 5 nitrogen and oxygen atoms in total. The summed E-state index contributed by atoms with van der Waals surface area (Å²) in [6, 6.07) is 12.4. The Morgan fingerprint density at radius 1 is 1.15 bits per heavy atom. The summed E-state index contributed by atoms with van der Waals surface area (Å²) in [6.45, 7) is 3.82. The zero-order chi connectivity index (χ0) is 18.9. The zero-order valence-corrected chi connectivity index (χ0v) is 16.4. The SMILES string of the molecule is CNC(=O)C1CN(Cc2ccccc2)CC12CN(C(=O)Cc1ccsc1)C2. The summed E-state index contributed by atoms with van der Waals surface area (Å²) < 4.78 is 0. The predicted octanol–water partition coefficient (Wildman–Crippen LogP) is 2.00. The molecule has 27 heavy (non-hydrogen) atoms. The lowest BCUT2D eigenvalue weighted by Crippen LogP contribution is -2.64. The molecule has 2 aliphatic heterocycles. The van der Waals surface area contributed by atoms with E-state index in [0.29, 0.717) is 19.5 Å². The van der Waals surface area contributed by atoms with E-state index in [-0.39, 0.29) is 23.1 Å². The van der Waals surface area contributed by atoms with E-state index in [4.69, 9.17) is 0 Å². The minimum absolute atomic E-state index is 0.0589. The van der Waals surface area contributed by atoms with Gasteiger partial charge in [0.15, 0.2) is 0 Å². The lowest BCUT2D eigenvalue weighted by atomic mass is 9.71. The van der Waals surface area contributed by atoms with Crippen LogP contribution in [0.1, 0.15) is 11.1 Å². The van der Waals surface area contributed by atoms with E-state index < -0.39 is 0 Å². The number of carbonyl (C=O) groups is 2. The summed E-state index contributed by atoms with van der Waals surface area (Å²) in [7, 11) is 1.70. The van der Waals surface area contributed by atoms with Gasteiger partial charge >= 0.3 is 0 Å². The summed E-state index contributed by atoms with van der Waals surface area (Å²) in [4.78, 5) is 29.4. The molecule has 1 atom stereocenters. The standard InChI is InChI=1S/C21H25N3O2S/c1-22-20(26)18-11-23(10-16-5-3-2-4-6-16)13-21(18)14-24(15-21)19(25)9-17-7-8-27-12-17/h2-8,12,18H,9-11,13-15H2,1H3,(H,22,26). The van der Waals surface area contributed by atoms with Gasteiger partial charge in [-0.1, -0.05) is 30.3 Å². The molecule has 1 unspecified atom stereocenters. The minimum Gasteiger partial charge on any atom is -0.359 e. The second-order valence-corrected chi connectivity index (χ2v) is 8.52. The van der Waals surface area contributed by atoms with Gasteiger partial charge in [0.05, 0.1) is 12.3 Å². The molecule has 1 aromatic carbocycles. The number of thiophene rings is 1. The summed E-state index contributed by atoms with van der Waals surface area (Å²) >= 11 is 1.62. The molecule has 1 aromatic heterocycles. The summed E-state index contributed by atoms with van der Waals surface area (Å²) in [6.07, 6.45) is 0.456. The normalized spacial score (nSPS) is 21.2. The fraction of sp³-hybridized carbons (Fsp3) is 0.429. The van der Waals surface area contributed by atoms with Crippen molar-refractivity contribution < 1.29 is 9.59 Å². The van der Waals surface area contributed by atoms with E-state index >= 15 is 0 Å². The van der Waals surface area contributed by atoms with Crippen LogP contribution in [-0.4, -0.2) is 54.8 Å². The van der Waals surface area contributed by atoms with Crippen molar-refractivity contribution >= 4 is 23.2 Å². The molecule has 6 heteroatoms. The monoisotopic (exact) mass is 383 g/mol. The molecular weight excluding hydrogens is 358 g/mol. The van der Waals surface area contributed by atoms with Gasteiger partial charge in [0.25, 0.3) is 0 Å².